The Morgan fingerprint density at radius 3 is 2.58 bits per heavy atom. The molecule has 5 heteroatoms. The molecule has 1 saturated carbocycles. The maximum atomic E-state index is 13.6. The Kier molecular flexibility index (Phi) is 4.16. The van der Waals surface area contributed by atoms with Gasteiger partial charge in [0.15, 0.2) is 11.6 Å². The monoisotopic (exact) mass is 330 g/mol. The number of hydrogen-bond donors (Lipinski definition) is 2. The molecule has 0 bridgehead atoms. The van der Waals surface area contributed by atoms with Gasteiger partial charge in [-0.1, -0.05) is 13.8 Å². The first kappa shape index (κ1) is 14.7. The van der Waals surface area contributed by atoms with Crippen LogP contribution in [0.5, 0.6) is 0 Å². The third-order valence-corrected chi connectivity index (χ3v) is 4.36. The second kappa shape index (κ2) is 5.37. The minimum absolute atomic E-state index is 0.196. The summed E-state index contributed by atoms with van der Waals surface area (Å²) in [5.74, 6) is -0.212. The fourth-order valence-electron chi connectivity index (χ4n) is 2.36. The molecule has 0 aliphatic heterocycles. The van der Waals surface area contributed by atoms with Gasteiger partial charge in [0.05, 0.1) is 5.60 Å². The number of hydrogen-bond acceptors (Lipinski definition) is 3. The van der Waals surface area contributed by atoms with Gasteiger partial charge in [-0.15, -0.1) is 0 Å². The molecule has 2 N–H and O–H groups in total. The average molecular weight is 331 g/mol. The van der Waals surface area contributed by atoms with Gasteiger partial charge in [0, 0.05) is 17.2 Å². The molecule has 2 rings (SSSR count). The highest BCUT2D eigenvalue weighted by Crippen LogP contribution is 2.40. The molecule has 0 saturated heterocycles. The van der Waals surface area contributed by atoms with Gasteiger partial charge in [-0.25, -0.2) is 9.37 Å². The molecule has 1 aromatic heterocycles. The van der Waals surface area contributed by atoms with Crippen LogP contribution in [0.25, 0.3) is 0 Å². The molecule has 1 aliphatic carbocycles. The van der Waals surface area contributed by atoms with Crippen LogP contribution in [0.2, 0.25) is 0 Å². The van der Waals surface area contributed by atoms with Crippen molar-refractivity contribution >= 4 is 21.7 Å². The summed E-state index contributed by atoms with van der Waals surface area (Å²) in [5.41, 5.74) is -0.454. The number of aromatic nitrogens is 1. The molecule has 0 spiro atoms. The summed E-state index contributed by atoms with van der Waals surface area (Å²) in [5, 5.41) is 13.4. The van der Waals surface area contributed by atoms with Gasteiger partial charge in [0.1, 0.15) is 0 Å². The predicted molar refractivity (Wildman–Crippen MR) is 77.6 cm³/mol. The minimum atomic E-state index is -0.753. The van der Waals surface area contributed by atoms with Gasteiger partial charge >= 0.3 is 0 Å². The highest BCUT2D eigenvalue weighted by atomic mass is 79.9. The summed E-state index contributed by atoms with van der Waals surface area (Å²) < 4.78 is 14.2. The lowest BCUT2D eigenvalue weighted by atomic mass is 9.71. The molecule has 1 heterocycles. The number of nitrogens with one attached hydrogen (secondary N) is 1. The quantitative estimate of drug-likeness (QED) is 0.887. The molecular weight excluding hydrogens is 311 g/mol. The zero-order valence-electron chi connectivity index (χ0n) is 11.3. The van der Waals surface area contributed by atoms with Gasteiger partial charge in [0.25, 0.3) is 0 Å². The number of pyridine rings is 1. The van der Waals surface area contributed by atoms with Crippen LogP contribution in [-0.2, 0) is 0 Å². The van der Waals surface area contributed by atoms with Crippen molar-refractivity contribution in [3.05, 3.63) is 22.6 Å². The van der Waals surface area contributed by atoms with Crippen LogP contribution in [-0.4, -0.2) is 22.2 Å². The SMILES string of the molecule is CC1(C)CCC(O)(CNc2ncc(Br)cc2F)CC1. The molecule has 0 unspecified atom stereocenters. The Morgan fingerprint density at radius 1 is 1.37 bits per heavy atom. The molecule has 1 aromatic rings. The molecule has 0 aromatic carbocycles. The van der Waals surface area contributed by atoms with Crippen LogP contribution in [0.15, 0.2) is 16.7 Å². The lowest BCUT2D eigenvalue weighted by Crippen LogP contribution is -2.42. The zero-order chi connectivity index (χ0) is 14.1. The third kappa shape index (κ3) is 3.89. The van der Waals surface area contributed by atoms with Gasteiger partial charge < -0.3 is 10.4 Å². The summed E-state index contributed by atoms with van der Waals surface area (Å²) in [6, 6.07) is 1.36. The highest BCUT2D eigenvalue weighted by Gasteiger charge is 2.36. The number of rotatable bonds is 3. The Morgan fingerprint density at radius 2 is 2.00 bits per heavy atom. The largest absolute Gasteiger partial charge is 0.388 e. The normalized spacial score (nSPS) is 21.1. The van der Waals surface area contributed by atoms with Crippen LogP contribution >= 0.6 is 15.9 Å². The van der Waals surface area contributed by atoms with Crippen molar-refractivity contribution in [2.75, 3.05) is 11.9 Å². The van der Waals surface area contributed by atoms with Crippen molar-refractivity contribution < 1.29 is 9.50 Å². The van der Waals surface area contributed by atoms with Gasteiger partial charge in [-0.2, -0.15) is 0 Å². The topological polar surface area (TPSA) is 45.1 Å². The first-order chi connectivity index (χ1) is 8.80. The van der Waals surface area contributed by atoms with Crippen molar-refractivity contribution in [2.45, 2.75) is 45.1 Å². The molecule has 0 atom stereocenters. The number of halogens is 2. The average Bonchev–Trinajstić information content (AvgIpc) is 2.33. The van der Waals surface area contributed by atoms with Crippen molar-refractivity contribution in [3.63, 3.8) is 0 Å². The molecule has 3 nitrogen and oxygen atoms in total. The van der Waals surface area contributed by atoms with E-state index in [1.807, 2.05) is 0 Å². The minimum Gasteiger partial charge on any atom is -0.388 e. The van der Waals surface area contributed by atoms with Crippen LogP contribution < -0.4 is 5.32 Å². The first-order valence-electron chi connectivity index (χ1n) is 6.57. The molecule has 0 amide bonds. The number of nitrogens with zero attached hydrogens (tertiary/aromatic N) is 1. The second-order valence-corrected chi connectivity index (χ2v) is 7.14. The smallest absolute Gasteiger partial charge is 0.166 e. The third-order valence-electron chi connectivity index (χ3n) is 3.93. The Bertz CT molecular complexity index is 455. The summed E-state index contributed by atoms with van der Waals surface area (Å²) in [6.45, 7) is 4.78. The van der Waals surface area contributed by atoms with Crippen LogP contribution in [0, 0.1) is 11.2 Å². The van der Waals surface area contributed by atoms with E-state index in [-0.39, 0.29) is 5.82 Å². The standard InChI is InChI=1S/C14H20BrFN2O/c1-13(2)3-5-14(19,6-4-13)9-18-12-11(16)7-10(15)8-17-12/h7-8,19H,3-6,9H2,1-2H3,(H,17,18). The van der Waals surface area contributed by atoms with Gasteiger partial charge in [-0.3, -0.25) is 0 Å². The lowest BCUT2D eigenvalue weighted by molar-refractivity contribution is -0.0146. The van der Waals surface area contributed by atoms with E-state index in [2.05, 4.69) is 40.1 Å². The fourth-order valence-corrected chi connectivity index (χ4v) is 2.67. The fraction of sp³-hybridized carbons (Fsp3) is 0.643. The number of anilines is 1. The molecular formula is C14H20BrFN2O. The maximum absolute atomic E-state index is 13.6. The molecule has 106 valence electrons. The highest BCUT2D eigenvalue weighted by molar-refractivity contribution is 9.10. The summed E-state index contributed by atoms with van der Waals surface area (Å²) >= 11 is 3.17. The van der Waals surface area contributed by atoms with Crippen molar-refractivity contribution in [3.8, 4) is 0 Å². The van der Waals surface area contributed by atoms with Gasteiger partial charge in [-0.05, 0) is 53.1 Å². The van der Waals surface area contributed by atoms with Crippen LogP contribution in [0.3, 0.4) is 0 Å². The molecule has 1 aliphatic rings. The summed E-state index contributed by atoms with van der Waals surface area (Å²) in [6.07, 6.45) is 5.00. The maximum Gasteiger partial charge on any atom is 0.166 e. The molecule has 19 heavy (non-hydrogen) atoms. The van der Waals surface area contributed by atoms with Crippen molar-refractivity contribution in [2.24, 2.45) is 5.41 Å². The van der Waals surface area contributed by atoms with E-state index in [0.29, 0.717) is 16.4 Å². The predicted octanol–water partition coefficient (Wildman–Crippen LogP) is 3.73. The Balaban J connectivity index is 1.95. The Labute approximate surface area is 121 Å². The van der Waals surface area contributed by atoms with E-state index in [4.69, 9.17) is 0 Å². The lowest BCUT2D eigenvalue weighted by Gasteiger charge is -2.40. The summed E-state index contributed by atoms with van der Waals surface area (Å²) in [7, 11) is 0. The summed E-state index contributed by atoms with van der Waals surface area (Å²) in [4.78, 5) is 3.98. The Hall–Kier alpha value is -0.680. The molecule has 1 fully saturated rings. The van der Waals surface area contributed by atoms with E-state index in [0.717, 1.165) is 25.7 Å². The number of aliphatic hydroxyl groups is 1. The van der Waals surface area contributed by atoms with E-state index in [9.17, 15) is 9.50 Å². The van der Waals surface area contributed by atoms with Crippen molar-refractivity contribution in [1.82, 2.24) is 4.98 Å². The van der Waals surface area contributed by atoms with Crippen LogP contribution in [0.4, 0.5) is 10.2 Å². The van der Waals surface area contributed by atoms with Crippen molar-refractivity contribution in [1.29, 1.82) is 0 Å². The van der Waals surface area contributed by atoms with E-state index < -0.39 is 11.4 Å². The van der Waals surface area contributed by atoms with E-state index in [1.165, 1.54) is 6.07 Å². The van der Waals surface area contributed by atoms with E-state index >= 15 is 0 Å². The molecule has 0 radical (unpaired) electrons. The van der Waals surface area contributed by atoms with Gasteiger partial charge in [0.2, 0.25) is 0 Å². The zero-order valence-corrected chi connectivity index (χ0v) is 12.9. The second-order valence-electron chi connectivity index (χ2n) is 6.23. The van der Waals surface area contributed by atoms with Crippen LogP contribution in [0.1, 0.15) is 39.5 Å². The first-order valence-corrected chi connectivity index (χ1v) is 7.36. The van der Waals surface area contributed by atoms with E-state index in [1.54, 1.807) is 6.20 Å².